The van der Waals surface area contributed by atoms with E-state index in [0.29, 0.717) is 12.5 Å². The molecule has 134 valence electrons. The first-order valence-corrected chi connectivity index (χ1v) is 9.13. The van der Waals surface area contributed by atoms with E-state index in [1.165, 1.54) is 12.8 Å². The lowest BCUT2D eigenvalue weighted by Gasteiger charge is -2.36. The van der Waals surface area contributed by atoms with Crippen LogP contribution in [-0.2, 0) is 12.1 Å². The molecule has 1 aromatic carbocycles. The van der Waals surface area contributed by atoms with E-state index in [-0.39, 0.29) is 6.04 Å². The topological polar surface area (TPSA) is 58.7 Å². The first-order chi connectivity index (χ1) is 12.1. The molecule has 5 nitrogen and oxygen atoms in total. The number of hydrogen-bond donors (Lipinski definition) is 1. The van der Waals surface area contributed by atoms with Gasteiger partial charge in [0.05, 0.1) is 19.9 Å². The number of aliphatic hydroxyl groups is 1. The molecule has 2 aromatic rings. The summed E-state index contributed by atoms with van der Waals surface area (Å²) < 4.78 is 11.1. The van der Waals surface area contributed by atoms with E-state index in [0.717, 1.165) is 42.4 Å². The van der Waals surface area contributed by atoms with E-state index in [9.17, 15) is 5.11 Å². The van der Waals surface area contributed by atoms with E-state index in [2.05, 4.69) is 9.88 Å². The number of oxazole rings is 1. The standard InChI is InChI=1S/C20H26N2O3/c1-20(23,15-7-9-16(24-2)10-8-15)18-4-3-11-22(18)13-19-21-12-17(25-19)14-5-6-14/h7-10,12,14,18,23H,3-6,11,13H2,1-2H3. The van der Waals surface area contributed by atoms with Gasteiger partial charge in [-0.3, -0.25) is 4.90 Å². The molecule has 1 aliphatic carbocycles. The van der Waals surface area contributed by atoms with Crippen molar-refractivity contribution in [2.24, 2.45) is 0 Å². The van der Waals surface area contributed by atoms with Crippen LogP contribution in [0.4, 0.5) is 0 Å². The van der Waals surface area contributed by atoms with Crippen LogP contribution in [0.5, 0.6) is 5.75 Å². The molecule has 1 aromatic heterocycles. The first kappa shape index (κ1) is 16.6. The lowest BCUT2D eigenvalue weighted by molar-refractivity contribution is -0.0275. The van der Waals surface area contributed by atoms with Gasteiger partial charge in [-0.1, -0.05) is 12.1 Å². The molecule has 2 heterocycles. The Labute approximate surface area is 148 Å². The maximum absolute atomic E-state index is 11.3. The second-order valence-electron chi connectivity index (χ2n) is 7.44. The number of methoxy groups -OCH3 is 1. The molecule has 2 fully saturated rings. The van der Waals surface area contributed by atoms with Crippen molar-refractivity contribution in [2.45, 2.75) is 56.7 Å². The van der Waals surface area contributed by atoms with Crippen molar-refractivity contribution in [3.8, 4) is 5.75 Å². The van der Waals surface area contributed by atoms with Crippen LogP contribution in [-0.4, -0.2) is 34.7 Å². The lowest BCUT2D eigenvalue weighted by Crippen LogP contribution is -2.45. The Morgan fingerprint density at radius 1 is 1.28 bits per heavy atom. The quantitative estimate of drug-likeness (QED) is 0.871. The summed E-state index contributed by atoms with van der Waals surface area (Å²) in [5.41, 5.74) is -0.00872. The molecule has 2 aliphatic rings. The monoisotopic (exact) mass is 342 g/mol. The molecule has 4 rings (SSSR count). The Morgan fingerprint density at radius 2 is 2.04 bits per heavy atom. The van der Waals surface area contributed by atoms with Gasteiger partial charge in [0.1, 0.15) is 17.1 Å². The number of hydrogen-bond acceptors (Lipinski definition) is 5. The SMILES string of the molecule is COc1ccc(C(C)(O)C2CCCN2Cc2ncc(C3CC3)o2)cc1. The van der Waals surface area contributed by atoms with Gasteiger partial charge in [0.15, 0.2) is 0 Å². The average molecular weight is 342 g/mol. The molecular formula is C20H26N2O3. The predicted octanol–water partition coefficient (Wildman–Crippen LogP) is 3.43. The van der Waals surface area contributed by atoms with Crippen LogP contribution in [0.1, 0.15) is 55.7 Å². The number of benzene rings is 1. The molecule has 25 heavy (non-hydrogen) atoms. The maximum atomic E-state index is 11.3. The van der Waals surface area contributed by atoms with Crippen LogP contribution in [0.3, 0.4) is 0 Å². The summed E-state index contributed by atoms with van der Waals surface area (Å²) in [6.45, 7) is 3.52. The first-order valence-electron chi connectivity index (χ1n) is 9.13. The third-order valence-electron chi connectivity index (χ3n) is 5.58. The number of aromatic nitrogens is 1. The molecule has 5 heteroatoms. The normalized spacial score (nSPS) is 23.6. The van der Waals surface area contributed by atoms with Crippen molar-refractivity contribution >= 4 is 0 Å². The molecule has 0 spiro atoms. The van der Waals surface area contributed by atoms with Gasteiger partial charge >= 0.3 is 0 Å². The molecular weight excluding hydrogens is 316 g/mol. The van der Waals surface area contributed by atoms with Crippen molar-refractivity contribution in [3.05, 3.63) is 47.7 Å². The predicted molar refractivity (Wildman–Crippen MR) is 94.5 cm³/mol. The Bertz CT molecular complexity index is 719. The Hall–Kier alpha value is -1.85. The Balaban J connectivity index is 1.50. The van der Waals surface area contributed by atoms with Crippen LogP contribution >= 0.6 is 0 Å². The van der Waals surface area contributed by atoms with Crippen LogP contribution in [0.15, 0.2) is 34.9 Å². The summed E-state index contributed by atoms with van der Waals surface area (Å²) in [5.74, 6) is 3.17. The minimum absolute atomic E-state index is 0.0529. The number of likely N-dealkylation sites (tertiary alicyclic amines) is 1. The molecule has 2 unspecified atom stereocenters. The summed E-state index contributed by atoms with van der Waals surface area (Å²) >= 11 is 0. The summed E-state index contributed by atoms with van der Waals surface area (Å²) in [4.78, 5) is 6.74. The van der Waals surface area contributed by atoms with Gasteiger partial charge in [0, 0.05) is 12.0 Å². The Kier molecular flexibility index (Phi) is 4.29. The molecule has 0 radical (unpaired) electrons. The van der Waals surface area contributed by atoms with Gasteiger partial charge in [0.25, 0.3) is 0 Å². The molecule has 1 saturated carbocycles. The largest absolute Gasteiger partial charge is 0.497 e. The Morgan fingerprint density at radius 3 is 2.72 bits per heavy atom. The van der Waals surface area contributed by atoms with Crippen molar-refractivity contribution < 1.29 is 14.3 Å². The molecule has 1 saturated heterocycles. The van der Waals surface area contributed by atoms with Crippen LogP contribution < -0.4 is 4.74 Å². The summed E-state index contributed by atoms with van der Waals surface area (Å²) in [7, 11) is 1.65. The van der Waals surface area contributed by atoms with E-state index >= 15 is 0 Å². The highest BCUT2D eigenvalue weighted by molar-refractivity contribution is 5.31. The molecule has 2 atom stereocenters. The fraction of sp³-hybridized carbons (Fsp3) is 0.550. The zero-order chi connectivity index (χ0) is 17.4. The maximum Gasteiger partial charge on any atom is 0.208 e. The minimum Gasteiger partial charge on any atom is -0.497 e. The highest BCUT2D eigenvalue weighted by atomic mass is 16.5. The zero-order valence-electron chi connectivity index (χ0n) is 14.9. The second-order valence-corrected chi connectivity index (χ2v) is 7.44. The van der Waals surface area contributed by atoms with Crippen LogP contribution in [0.2, 0.25) is 0 Å². The van der Waals surface area contributed by atoms with Crippen molar-refractivity contribution in [3.63, 3.8) is 0 Å². The van der Waals surface area contributed by atoms with Crippen LogP contribution in [0, 0.1) is 0 Å². The fourth-order valence-corrected chi connectivity index (χ4v) is 3.90. The summed E-state index contributed by atoms with van der Waals surface area (Å²) in [5, 5.41) is 11.3. The van der Waals surface area contributed by atoms with Crippen molar-refractivity contribution in [1.82, 2.24) is 9.88 Å². The van der Waals surface area contributed by atoms with Gasteiger partial charge in [0.2, 0.25) is 5.89 Å². The van der Waals surface area contributed by atoms with Gasteiger partial charge in [-0.2, -0.15) is 0 Å². The van der Waals surface area contributed by atoms with E-state index in [1.807, 2.05) is 37.4 Å². The third kappa shape index (κ3) is 3.31. The van der Waals surface area contributed by atoms with E-state index in [4.69, 9.17) is 9.15 Å². The highest BCUT2D eigenvalue weighted by Gasteiger charge is 2.41. The minimum atomic E-state index is -0.922. The third-order valence-corrected chi connectivity index (χ3v) is 5.58. The molecule has 0 amide bonds. The van der Waals surface area contributed by atoms with Crippen molar-refractivity contribution in [2.75, 3.05) is 13.7 Å². The number of nitrogens with zero attached hydrogens (tertiary/aromatic N) is 2. The molecule has 1 N–H and O–H groups in total. The average Bonchev–Trinajstić information content (AvgIpc) is 3.18. The van der Waals surface area contributed by atoms with Gasteiger partial charge in [-0.15, -0.1) is 0 Å². The van der Waals surface area contributed by atoms with Gasteiger partial charge in [-0.05, 0) is 56.8 Å². The molecule has 1 aliphatic heterocycles. The fourth-order valence-electron chi connectivity index (χ4n) is 3.90. The van der Waals surface area contributed by atoms with E-state index in [1.54, 1.807) is 7.11 Å². The van der Waals surface area contributed by atoms with Crippen LogP contribution in [0.25, 0.3) is 0 Å². The second kappa shape index (κ2) is 6.46. The number of ether oxygens (including phenoxy) is 1. The van der Waals surface area contributed by atoms with Gasteiger partial charge < -0.3 is 14.3 Å². The lowest BCUT2D eigenvalue weighted by atomic mass is 9.86. The smallest absolute Gasteiger partial charge is 0.208 e. The summed E-state index contributed by atoms with van der Waals surface area (Å²) in [6.07, 6.45) is 6.35. The molecule has 0 bridgehead atoms. The van der Waals surface area contributed by atoms with Crippen molar-refractivity contribution in [1.29, 1.82) is 0 Å². The summed E-state index contributed by atoms with van der Waals surface area (Å²) in [6, 6.07) is 7.76. The van der Waals surface area contributed by atoms with Gasteiger partial charge in [-0.25, -0.2) is 4.98 Å². The zero-order valence-corrected chi connectivity index (χ0v) is 14.9. The number of rotatable bonds is 6. The van der Waals surface area contributed by atoms with E-state index < -0.39 is 5.60 Å². The highest BCUT2D eigenvalue weighted by Crippen LogP contribution is 2.41.